The molecule has 0 unspecified atom stereocenters. The fraction of sp³-hybridized carbons (Fsp3) is 0.714. The van der Waals surface area contributed by atoms with E-state index in [9.17, 15) is 4.79 Å². The molecule has 0 saturated heterocycles. The third kappa shape index (κ3) is 4.01. The van der Waals surface area contributed by atoms with Crippen LogP contribution in [0.2, 0.25) is 0 Å². The van der Waals surface area contributed by atoms with Gasteiger partial charge in [-0.25, -0.2) is 0 Å². The van der Waals surface area contributed by atoms with Crippen LogP contribution in [0.1, 0.15) is 27.7 Å². The molecule has 0 aromatic rings. The molecule has 0 aliphatic rings. The van der Waals surface area contributed by atoms with Crippen molar-refractivity contribution in [2.75, 3.05) is 0 Å². The van der Waals surface area contributed by atoms with Crippen LogP contribution in [0.3, 0.4) is 0 Å². The second-order valence-corrected chi connectivity index (χ2v) is 2.45. The molecule has 1 radical (unpaired) electrons. The predicted octanol–water partition coefficient (Wildman–Crippen LogP) is 1.55. The van der Waals surface area contributed by atoms with Crippen LogP contribution in [-0.2, 0) is 9.53 Å². The first-order valence-electron chi connectivity index (χ1n) is 3.05. The van der Waals surface area contributed by atoms with Crippen molar-refractivity contribution in [1.82, 2.24) is 0 Å². The molecule has 0 amide bonds. The van der Waals surface area contributed by atoms with Crippen LogP contribution in [0, 0.1) is 5.92 Å². The van der Waals surface area contributed by atoms with E-state index in [-0.39, 0.29) is 12.1 Å². The van der Waals surface area contributed by atoms with Crippen molar-refractivity contribution >= 4 is 5.97 Å². The number of rotatable bonds is 2. The maximum absolute atomic E-state index is 10.7. The zero-order valence-electron chi connectivity index (χ0n) is 6.39. The van der Waals surface area contributed by atoms with Crippen molar-refractivity contribution in [3.05, 3.63) is 5.92 Å². The Bertz CT molecular complexity index is 95.1. The zero-order chi connectivity index (χ0) is 7.44. The number of hydrogen-bond donors (Lipinski definition) is 0. The molecule has 0 heterocycles. The summed E-state index contributed by atoms with van der Waals surface area (Å²) >= 11 is 0. The van der Waals surface area contributed by atoms with Crippen molar-refractivity contribution in [3.63, 3.8) is 0 Å². The van der Waals surface area contributed by atoms with Gasteiger partial charge >= 0.3 is 5.97 Å². The Hall–Kier alpha value is -0.530. The summed E-state index contributed by atoms with van der Waals surface area (Å²) in [5, 5.41) is 0. The molecule has 0 aliphatic carbocycles. The van der Waals surface area contributed by atoms with Crippen molar-refractivity contribution in [3.8, 4) is 0 Å². The second-order valence-electron chi connectivity index (χ2n) is 2.45. The van der Waals surface area contributed by atoms with Gasteiger partial charge in [0.1, 0.15) is 0 Å². The number of ether oxygens (including phenoxy) is 1. The number of hydrogen-bond acceptors (Lipinski definition) is 2. The molecule has 0 spiro atoms. The van der Waals surface area contributed by atoms with Gasteiger partial charge in [-0.15, -0.1) is 0 Å². The molecular formula is C7H13O2. The van der Waals surface area contributed by atoms with Gasteiger partial charge in [0.15, 0.2) is 0 Å². The summed E-state index contributed by atoms with van der Waals surface area (Å²) in [6.45, 7) is 7.15. The first-order chi connectivity index (χ1) is 4.04. The van der Waals surface area contributed by atoms with Gasteiger partial charge in [0.05, 0.1) is 12.0 Å². The lowest BCUT2D eigenvalue weighted by atomic mass is 10.2. The summed E-state index contributed by atoms with van der Waals surface area (Å²) < 4.78 is 4.84. The third-order valence-electron chi connectivity index (χ3n) is 0.751. The summed E-state index contributed by atoms with van der Waals surface area (Å²) in [6.07, 6.45) is -0.00704. The topological polar surface area (TPSA) is 26.3 Å². The van der Waals surface area contributed by atoms with Crippen molar-refractivity contribution < 1.29 is 9.53 Å². The van der Waals surface area contributed by atoms with Crippen LogP contribution in [0.4, 0.5) is 0 Å². The first kappa shape index (κ1) is 8.47. The Labute approximate surface area is 56.2 Å². The molecule has 2 nitrogen and oxygen atoms in total. The Balaban J connectivity index is 3.51. The van der Waals surface area contributed by atoms with E-state index in [0.717, 1.165) is 0 Å². The third-order valence-corrected chi connectivity index (χ3v) is 0.751. The SMILES string of the molecule is C[C](C)C(=O)OC(C)C. The zero-order valence-corrected chi connectivity index (χ0v) is 6.39. The number of esters is 1. The molecule has 0 atom stereocenters. The van der Waals surface area contributed by atoms with E-state index in [4.69, 9.17) is 4.74 Å². The molecule has 0 bridgehead atoms. The van der Waals surface area contributed by atoms with Gasteiger partial charge in [-0.2, -0.15) is 0 Å². The van der Waals surface area contributed by atoms with Gasteiger partial charge < -0.3 is 4.74 Å². The monoisotopic (exact) mass is 129 g/mol. The molecule has 0 aromatic heterocycles. The van der Waals surface area contributed by atoms with Gasteiger partial charge in [0.2, 0.25) is 0 Å². The van der Waals surface area contributed by atoms with Crippen molar-refractivity contribution in [1.29, 1.82) is 0 Å². The molecule has 9 heavy (non-hydrogen) atoms. The first-order valence-corrected chi connectivity index (χ1v) is 3.05. The van der Waals surface area contributed by atoms with Gasteiger partial charge in [-0.05, 0) is 27.7 Å². The average Bonchev–Trinajstić information content (AvgIpc) is 1.63. The Kier molecular flexibility index (Phi) is 3.28. The smallest absolute Gasteiger partial charge is 0.312 e. The highest BCUT2D eigenvalue weighted by atomic mass is 16.5. The van der Waals surface area contributed by atoms with E-state index in [1.54, 1.807) is 13.8 Å². The van der Waals surface area contributed by atoms with Gasteiger partial charge in [0, 0.05) is 0 Å². The van der Waals surface area contributed by atoms with E-state index >= 15 is 0 Å². The van der Waals surface area contributed by atoms with E-state index in [1.807, 2.05) is 13.8 Å². The minimum absolute atomic E-state index is 0.00704. The predicted molar refractivity (Wildman–Crippen MR) is 35.8 cm³/mol. The highest BCUT2D eigenvalue weighted by Crippen LogP contribution is 2.00. The highest BCUT2D eigenvalue weighted by molar-refractivity contribution is 5.83. The fourth-order valence-electron chi connectivity index (χ4n) is 0.332. The Morgan fingerprint density at radius 3 is 1.89 bits per heavy atom. The molecule has 2 heteroatoms. The van der Waals surface area contributed by atoms with Crippen molar-refractivity contribution in [2.24, 2.45) is 0 Å². The molecule has 0 fully saturated rings. The maximum Gasteiger partial charge on any atom is 0.312 e. The minimum atomic E-state index is -0.204. The van der Waals surface area contributed by atoms with Crippen LogP contribution in [-0.4, -0.2) is 12.1 Å². The molecule has 0 aliphatic heterocycles. The normalized spacial score (nSPS) is 10.4. The molecular weight excluding hydrogens is 116 g/mol. The Morgan fingerprint density at radius 2 is 1.78 bits per heavy atom. The summed E-state index contributed by atoms with van der Waals surface area (Å²) in [5.41, 5.74) is 0. The summed E-state index contributed by atoms with van der Waals surface area (Å²) in [7, 11) is 0. The quantitative estimate of drug-likeness (QED) is 0.529. The molecule has 53 valence electrons. The van der Waals surface area contributed by atoms with Crippen LogP contribution < -0.4 is 0 Å². The lowest BCUT2D eigenvalue weighted by Gasteiger charge is -2.08. The summed E-state index contributed by atoms with van der Waals surface area (Å²) in [6, 6.07) is 0. The largest absolute Gasteiger partial charge is 0.463 e. The van der Waals surface area contributed by atoms with Gasteiger partial charge in [-0.1, -0.05) is 0 Å². The molecule has 0 aromatic carbocycles. The van der Waals surface area contributed by atoms with E-state index in [0.29, 0.717) is 5.92 Å². The number of carbonyl (C=O) groups excluding carboxylic acids is 1. The fourth-order valence-corrected chi connectivity index (χ4v) is 0.332. The van der Waals surface area contributed by atoms with Crippen LogP contribution >= 0.6 is 0 Å². The molecule has 0 rings (SSSR count). The van der Waals surface area contributed by atoms with E-state index < -0.39 is 0 Å². The standard InChI is InChI=1S/C7H13O2/c1-5(2)7(8)9-6(3)4/h6H,1-4H3. The minimum Gasteiger partial charge on any atom is -0.463 e. The molecule has 0 saturated carbocycles. The van der Waals surface area contributed by atoms with Gasteiger partial charge in [0.25, 0.3) is 0 Å². The number of carbonyl (C=O) groups is 1. The lowest BCUT2D eigenvalue weighted by Crippen LogP contribution is -2.14. The van der Waals surface area contributed by atoms with Crippen LogP contribution in [0.15, 0.2) is 0 Å². The Morgan fingerprint density at radius 1 is 1.33 bits per heavy atom. The van der Waals surface area contributed by atoms with E-state index in [2.05, 4.69) is 0 Å². The summed E-state index contributed by atoms with van der Waals surface area (Å²) in [5.74, 6) is 0.494. The van der Waals surface area contributed by atoms with Gasteiger partial charge in [-0.3, -0.25) is 4.79 Å². The van der Waals surface area contributed by atoms with E-state index in [1.165, 1.54) is 0 Å². The maximum atomic E-state index is 10.7. The highest BCUT2D eigenvalue weighted by Gasteiger charge is 2.09. The molecule has 0 N–H and O–H groups in total. The van der Waals surface area contributed by atoms with Crippen LogP contribution in [0.5, 0.6) is 0 Å². The van der Waals surface area contributed by atoms with Crippen LogP contribution in [0.25, 0.3) is 0 Å². The lowest BCUT2D eigenvalue weighted by molar-refractivity contribution is -0.144. The second kappa shape index (κ2) is 3.49. The summed E-state index contributed by atoms with van der Waals surface area (Å²) in [4.78, 5) is 10.7. The van der Waals surface area contributed by atoms with Crippen molar-refractivity contribution in [2.45, 2.75) is 33.8 Å². The average molecular weight is 129 g/mol.